The first kappa shape index (κ1) is 21.9. The summed E-state index contributed by atoms with van der Waals surface area (Å²) in [6.07, 6.45) is -1.49. The summed E-state index contributed by atoms with van der Waals surface area (Å²) in [5, 5.41) is 24.0. The summed E-state index contributed by atoms with van der Waals surface area (Å²) in [6, 6.07) is 21.7. The molecule has 0 saturated heterocycles. The number of rotatable bonds is 4. The fourth-order valence-corrected chi connectivity index (χ4v) is 5.78. The summed E-state index contributed by atoms with van der Waals surface area (Å²) in [7, 11) is 2.83. The number of aliphatic hydroxyl groups is 2. The molecule has 5 atom stereocenters. The third kappa shape index (κ3) is 2.89. The Balaban J connectivity index is 1.85. The van der Waals surface area contributed by atoms with Gasteiger partial charge in [-0.05, 0) is 35.4 Å². The molecule has 1 aliphatic carbocycles. The predicted molar refractivity (Wildman–Crippen MR) is 124 cm³/mol. The number of halogens is 1. The van der Waals surface area contributed by atoms with Crippen molar-refractivity contribution in [3.63, 3.8) is 0 Å². The molecule has 0 radical (unpaired) electrons. The molecule has 0 amide bonds. The highest BCUT2D eigenvalue weighted by Crippen LogP contribution is 2.68. The number of methoxy groups -OCH3 is 2. The minimum atomic E-state index is -1.93. The van der Waals surface area contributed by atoms with Crippen molar-refractivity contribution < 1.29 is 29.2 Å². The van der Waals surface area contributed by atoms with Crippen molar-refractivity contribution in [3.8, 4) is 11.5 Å². The summed E-state index contributed by atoms with van der Waals surface area (Å²) < 4.78 is 17.9. The van der Waals surface area contributed by atoms with E-state index in [4.69, 9.17) is 14.2 Å². The standard InChI is InChI=1S/C26H23BrO6/c1-31-18-12-13-19-20(14-18)33-26(16-8-10-17(27)11-9-16)22(15-6-4-3-5-7-15)21(24(29)32-2)23(28)25(19,26)30/h3-14,21-23,28,30H,1-2H3/t21-,22-,23-,25+,26+/m1/s1. The van der Waals surface area contributed by atoms with Gasteiger partial charge < -0.3 is 24.4 Å². The lowest BCUT2D eigenvalue weighted by molar-refractivity contribution is -0.161. The molecule has 3 aromatic carbocycles. The van der Waals surface area contributed by atoms with Crippen LogP contribution in [0.1, 0.15) is 22.6 Å². The lowest BCUT2D eigenvalue weighted by Gasteiger charge is -2.40. The number of benzene rings is 3. The van der Waals surface area contributed by atoms with Crippen molar-refractivity contribution in [2.45, 2.75) is 23.2 Å². The van der Waals surface area contributed by atoms with Crippen LogP contribution in [-0.4, -0.2) is 36.5 Å². The predicted octanol–water partition coefficient (Wildman–Crippen LogP) is 3.88. The van der Waals surface area contributed by atoms with Gasteiger partial charge in [-0.1, -0.05) is 58.4 Å². The molecule has 2 aliphatic rings. The molecule has 3 aromatic rings. The van der Waals surface area contributed by atoms with Crippen LogP contribution >= 0.6 is 15.9 Å². The van der Waals surface area contributed by atoms with E-state index in [1.165, 1.54) is 7.11 Å². The van der Waals surface area contributed by atoms with E-state index in [9.17, 15) is 15.0 Å². The number of aliphatic hydroxyl groups excluding tert-OH is 1. The maximum absolute atomic E-state index is 13.0. The molecule has 5 rings (SSSR count). The average molecular weight is 511 g/mol. The molecule has 0 aromatic heterocycles. The van der Waals surface area contributed by atoms with Crippen molar-refractivity contribution in [2.24, 2.45) is 5.92 Å². The van der Waals surface area contributed by atoms with Crippen LogP contribution in [0.3, 0.4) is 0 Å². The van der Waals surface area contributed by atoms with Crippen LogP contribution in [0.2, 0.25) is 0 Å². The Morgan fingerprint density at radius 3 is 2.36 bits per heavy atom. The number of ether oxygens (including phenoxy) is 3. The van der Waals surface area contributed by atoms with Crippen LogP contribution in [-0.2, 0) is 20.7 Å². The van der Waals surface area contributed by atoms with Gasteiger partial charge in [-0.15, -0.1) is 0 Å². The second-order valence-corrected chi connectivity index (χ2v) is 9.27. The summed E-state index contributed by atoms with van der Waals surface area (Å²) in [4.78, 5) is 13.0. The van der Waals surface area contributed by atoms with E-state index in [1.54, 1.807) is 25.3 Å². The SMILES string of the molecule is COC(=O)[C@H]1[C@@H](O)[C@@]2(O)c3ccc(OC)cc3O[C@@]2(c2ccc(Br)cc2)[C@@H]1c1ccccc1. The first-order valence-electron chi connectivity index (χ1n) is 10.5. The second kappa shape index (κ2) is 7.87. The highest BCUT2D eigenvalue weighted by molar-refractivity contribution is 9.10. The van der Waals surface area contributed by atoms with Crippen molar-refractivity contribution in [1.82, 2.24) is 0 Å². The topological polar surface area (TPSA) is 85.2 Å². The second-order valence-electron chi connectivity index (χ2n) is 8.36. The summed E-state index contributed by atoms with van der Waals surface area (Å²) >= 11 is 3.46. The monoisotopic (exact) mass is 510 g/mol. The fraction of sp³-hybridized carbons (Fsp3) is 0.269. The van der Waals surface area contributed by atoms with Gasteiger partial charge >= 0.3 is 5.97 Å². The third-order valence-electron chi connectivity index (χ3n) is 6.91. The van der Waals surface area contributed by atoms with E-state index in [2.05, 4.69) is 15.9 Å². The van der Waals surface area contributed by atoms with E-state index in [0.29, 0.717) is 22.6 Å². The van der Waals surface area contributed by atoms with Crippen molar-refractivity contribution >= 4 is 21.9 Å². The molecule has 0 spiro atoms. The van der Waals surface area contributed by atoms with E-state index < -0.39 is 35.1 Å². The molecule has 170 valence electrons. The zero-order chi connectivity index (χ0) is 23.4. The molecule has 2 N–H and O–H groups in total. The zero-order valence-electron chi connectivity index (χ0n) is 18.1. The van der Waals surface area contributed by atoms with Crippen LogP contribution in [0.5, 0.6) is 11.5 Å². The van der Waals surface area contributed by atoms with Crippen molar-refractivity contribution in [1.29, 1.82) is 0 Å². The van der Waals surface area contributed by atoms with Crippen molar-refractivity contribution in [2.75, 3.05) is 14.2 Å². The average Bonchev–Trinajstić information content (AvgIpc) is 3.22. The van der Waals surface area contributed by atoms with Gasteiger partial charge in [-0.25, -0.2) is 0 Å². The minimum Gasteiger partial charge on any atom is -0.497 e. The van der Waals surface area contributed by atoms with Crippen LogP contribution in [0.4, 0.5) is 0 Å². The van der Waals surface area contributed by atoms with Gasteiger partial charge in [-0.2, -0.15) is 0 Å². The molecule has 33 heavy (non-hydrogen) atoms. The third-order valence-corrected chi connectivity index (χ3v) is 7.44. The molecular formula is C26H23BrO6. The first-order valence-corrected chi connectivity index (χ1v) is 11.3. The number of carbonyl (C=O) groups is 1. The van der Waals surface area contributed by atoms with Gasteiger partial charge in [-0.3, -0.25) is 4.79 Å². The normalized spacial score (nSPS) is 29.7. The van der Waals surface area contributed by atoms with Crippen LogP contribution < -0.4 is 9.47 Å². The van der Waals surface area contributed by atoms with Gasteiger partial charge in [0.25, 0.3) is 0 Å². The van der Waals surface area contributed by atoms with Crippen LogP contribution in [0, 0.1) is 5.92 Å². The van der Waals surface area contributed by atoms with Gasteiger partial charge in [0.15, 0.2) is 11.2 Å². The van der Waals surface area contributed by atoms with E-state index in [1.807, 2.05) is 54.6 Å². The minimum absolute atomic E-state index is 0.392. The molecule has 0 bridgehead atoms. The number of hydrogen-bond donors (Lipinski definition) is 2. The summed E-state index contributed by atoms with van der Waals surface area (Å²) in [5.41, 5.74) is -1.66. The maximum atomic E-state index is 13.0. The Bertz CT molecular complexity index is 1200. The number of carbonyl (C=O) groups excluding carboxylic acids is 1. The smallest absolute Gasteiger partial charge is 0.312 e. The number of hydrogen-bond acceptors (Lipinski definition) is 6. The van der Waals surface area contributed by atoms with E-state index in [-0.39, 0.29) is 0 Å². The van der Waals surface area contributed by atoms with Crippen LogP contribution in [0.15, 0.2) is 77.3 Å². The Morgan fingerprint density at radius 1 is 1.03 bits per heavy atom. The summed E-state index contributed by atoms with van der Waals surface area (Å²) in [6.45, 7) is 0. The largest absolute Gasteiger partial charge is 0.497 e. The van der Waals surface area contributed by atoms with Gasteiger partial charge in [0.2, 0.25) is 0 Å². The van der Waals surface area contributed by atoms with E-state index >= 15 is 0 Å². The molecule has 0 unspecified atom stereocenters. The molecule has 6 nitrogen and oxygen atoms in total. The van der Waals surface area contributed by atoms with Gasteiger partial charge in [0, 0.05) is 22.0 Å². The number of fused-ring (bicyclic) bond motifs is 3. The number of esters is 1. The first-order chi connectivity index (χ1) is 15.9. The molecule has 1 aliphatic heterocycles. The molecular weight excluding hydrogens is 488 g/mol. The molecule has 7 heteroatoms. The molecule has 1 heterocycles. The lowest BCUT2D eigenvalue weighted by Crippen LogP contribution is -2.52. The molecule has 1 fully saturated rings. The fourth-order valence-electron chi connectivity index (χ4n) is 5.51. The van der Waals surface area contributed by atoms with Gasteiger partial charge in [0.1, 0.15) is 17.6 Å². The zero-order valence-corrected chi connectivity index (χ0v) is 19.7. The Morgan fingerprint density at radius 2 is 1.73 bits per heavy atom. The Kier molecular flexibility index (Phi) is 5.23. The quantitative estimate of drug-likeness (QED) is 0.518. The highest BCUT2D eigenvalue weighted by atomic mass is 79.9. The van der Waals surface area contributed by atoms with Crippen molar-refractivity contribution in [3.05, 3.63) is 94.0 Å². The summed E-state index contributed by atoms with van der Waals surface area (Å²) in [5.74, 6) is -1.48. The lowest BCUT2D eigenvalue weighted by atomic mass is 9.71. The Labute approximate surface area is 199 Å². The maximum Gasteiger partial charge on any atom is 0.312 e. The molecule has 1 saturated carbocycles. The van der Waals surface area contributed by atoms with Crippen LogP contribution in [0.25, 0.3) is 0 Å². The Hall–Kier alpha value is -2.87. The van der Waals surface area contributed by atoms with E-state index in [0.717, 1.165) is 10.0 Å². The van der Waals surface area contributed by atoms with Gasteiger partial charge in [0.05, 0.1) is 20.1 Å². The highest BCUT2D eigenvalue weighted by Gasteiger charge is 2.77.